The Bertz CT molecular complexity index is 1300. The summed E-state index contributed by atoms with van der Waals surface area (Å²) in [5.74, 6) is 1.38. The molecule has 158 valence electrons. The lowest BCUT2D eigenvalue weighted by molar-refractivity contribution is 0.726. The third-order valence-corrected chi connectivity index (χ3v) is 6.23. The molecule has 7 nitrogen and oxygen atoms in total. The molecule has 0 amide bonds. The molecule has 0 radical (unpaired) electrons. The molecule has 0 saturated carbocycles. The van der Waals surface area contributed by atoms with Gasteiger partial charge in [-0.3, -0.25) is 14.3 Å². The van der Waals surface area contributed by atoms with E-state index in [1.165, 1.54) is 12.8 Å². The van der Waals surface area contributed by atoms with E-state index in [1.54, 1.807) is 17.0 Å². The molecule has 0 N–H and O–H groups in total. The monoisotopic (exact) mass is 478 g/mol. The number of fused-ring (bicyclic) bond motifs is 3. The lowest BCUT2D eigenvalue weighted by Crippen LogP contribution is -2.28. The second kappa shape index (κ2) is 8.63. The summed E-state index contributed by atoms with van der Waals surface area (Å²) >= 11 is 3.52. The van der Waals surface area contributed by atoms with Gasteiger partial charge in [0.2, 0.25) is 11.7 Å². The second-order valence-electron chi connectivity index (χ2n) is 7.80. The molecule has 1 aliphatic heterocycles. The number of pyridine rings is 1. The van der Waals surface area contributed by atoms with Crippen molar-refractivity contribution in [2.45, 2.75) is 32.2 Å². The van der Waals surface area contributed by atoms with E-state index in [4.69, 9.17) is 0 Å². The number of halogens is 1. The van der Waals surface area contributed by atoms with Crippen LogP contribution in [-0.2, 0) is 6.54 Å². The van der Waals surface area contributed by atoms with E-state index in [2.05, 4.69) is 36.0 Å². The zero-order valence-corrected chi connectivity index (χ0v) is 18.7. The quantitative estimate of drug-likeness (QED) is 0.437. The second-order valence-corrected chi connectivity index (χ2v) is 8.71. The number of allylic oxidation sites excluding steroid dienone is 1. The fraction of sp³-hybridized carbons (Fsp3) is 0.304. The minimum atomic E-state index is -0.0713. The predicted molar refractivity (Wildman–Crippen MR) is 126 cm³/mol. The van der Waals surface area contributed by atoms with Crippen LogP contribution in [0, 0.1) is 0 Å². The van der Waals surface area contributed by atoms with Gasteiger partial charge in [0.25, 0.3) is 5.56 Å². The van der Waals surface area contributed by atoms with Crippen LogP contribution in [0.5, 0.6) is 0 Å². The lowest BCUT2D eigenvalue weighted by Gasteiger charge is -2.20. The van der Waals surface area contributed by atoms with Crippen LogP contribution in [0.4, 0.5) is 5.95 Å². The van der Waals surface area contributed by atoms with E-state index in [0.29, 0.717) is 17.7 Å². The van der Waals surface area contributed by atoms with Gasteiger partial charge >= 0.3 is 0 Å². The van der Waals surface area contributed by atoms with Gasteiger partial charge in [-0.25, -0.2) is 4.40 Å². The lowest BCUT2D eigenvalue weighted by atomic mass is 10.2. The number of rotatable bonds is 4. The Morgan fingerprint density at radius 2 is 1.77 bits per heavy atom. The predicted octanol–water partition coefficient (Wildman–Crippen LogP) is 4.30. The summed E-state index contributed by atoms with van der Waals surface area (Å²) in [7, 11) is 0. The summed E-state index contributed by atoms with van der Waals surface area (Å²) < 4.78 is 4.61. The normalized spacial score (nSPS) is 15.2. The molecule has 0 spiro atoms. The van der Waals surface area contributed by atoms with Crippen molar-refractivity contribution >= 4 is 44.6 Å². The van der Waals surface area contributed by atoms with Crippen LogP contribution < -0.4 is 10.5 Å². The minimum Gasteiger partial charge on any atom is -0.341 e. The molecule has 4 heterocycles. The fourth-order valence-electron chi connectivity index (χ4n) is 4.18. The minimum absolute atomic E-state index is 0.0713. The number of anilines is 1. The van der Waals surface area contributed by atoms with E-state index in [0.717, 1.165) is 47.4 Å². The third kappa shape index (κ3) is 3.87. The maximum atomic E-state index is 13.4. The Morgan fingerprint density at radius 3 is 2.55 bits per heavy atom. The average molecular weight is 479 g/mol. The Labute approximate surface area is 188 Å². The molecular weight excluding hydrogens is 456 g/mol. The fourth-order valence-corrected chi connectivity index (χ4v) is 4.54. The van der Waals surface area contributed by atoms with Gasteiger partial charge < -0.3 is 4.90 Å². The standard InChI is InChI=1S/C23H23BrN6O/c24-18-7-8-20-19(16-18)21(31)29(15-5-6-17-9-11-25-12-10-17)23-27-26-22(30(20)23)28-13-3-1-2-4-14-28/h5-12,16H,1-4,13-15H2. The topological polar surface area (TPSA) is 68.3 Å². The molecule has 0 unspecified atom stereocenters. The molecule has 1 saturated heterocycles. The molecule has 8 heteroatoms. The molecule has 31 heavy (non-hydrogen) atoms. The summed E-state index contributed by atoms with van der Waals surface area (Å²) in [6, 6.07) is 9.67. The van der Waals surface area contributed by atoms with E-state index in [1.807, 2.05) is 46.9 Å². The molecule has 0 aliphatic carbocycles. The molecule has 0 bridgehead atoms. The number of benzene rings is 1. The van der Waals surface area contributed by atoms with Crippen LogP contribution in [0.25, 0.3) is 22.8 Å². The number of hydrogen-bond acceptors (Lipinski definition) is 5. The van der Waals surface area contributed by atoms with Crippen LogP contribution in [0.1, 0.15) is 31.2 Å². The first-order valence-electron chi connectivity index (χ1n) is 10.6. The molecule has 1 aromatic carbocycles. The van der Waals surface area contributed by atoms with Crippen molar-refractivity contribution in [3.8, 4) is 0 Å². The Balaban J connectivity index is 1.66. The van der Waals surface area contributed by atoms with Crippen molar-refractivity contribution < 1.29 is 0 Å². The highest BCUT2D eigenvalue weighted by molar-refractivity contribution is 9.10. The third-order valence-electron chi connectivity index (χ3n) is 5.74. The first-order valence-corrected chi connectivity index (χ1v) is 11.4. The largest absolute Gasteiger partial charge is 0.341 e. The SMILES string of the molecule is O=c1c2cc(Br)ccc2n2c(N3CCCCCC3)nnc2n1CC=Cc1ccncc1. The average Bonchev–Trinajstić information content (AvgIpc) is 3.04. The molecule has 1 aliphatic rings. The molecule has 5 rings (SSSR count). The van der Waals surface area contributed by atoms with Crippen LogP contribution in [-0.4, -0.2) is 37.2 Å². The van der Waals surface area contributed by atoms with Crippen molar-refractivity contribution in [2.24, 2.45) is 0 Å². The Kier molecular flexibility index (Phi) is 5.55. The van der Waals surface area contributed by atoms with Gasteiger partial charge in [0.1, 0.15) is 0 Å². The molecule has 4 aromatic rings. The van der Waals surface area contributed by atoms with Gasteiger partial charge in [-0.15, -0.1) is 10.2 Å². The highest BCUT2D eigenvalue weighted by Crippen LogP contribution is 2.24. The zero-order valence-electron chi connectivity index (χ0n) is 17.1. The number of nitrogens with zero attached hydrogens (tertiary/aromatic N) is 6. The summed E-state index contributed by atoms with van der Waals surface area (Å²) in [4.78, 5) is 19.7. The highest BCUT2D eigenvalue weighted by Gasteiger charge is 2.21. The van der Waals surface area contributed by atoms with Crippen LogP contribution in [0.15, 0.2) is 58.1 Å². The summed E-state index contributed by atoms with van der Waals surface area (Å²) in [6.45, 7) is 2.32. The van der Waals surface area contributed by atoms with E-state index in [-0.39, 0.29) is 5.56 Å². The van der Waals surface area contributed by atoms with Crippen molar-refractivity contribution in [3.05, 3.63) is 69.2 Å². The number of hydrogen-bond donors (Lipinski definition) is 0. The smallest absolute Gasteiger partial charge is 0.263 e. The van der Waals surface area contributed by atoms with Gasteiger partial charge in [0.05, 0.1) is 10.9 Å². The first kappa shape index (κ1) is 19.9. The molecule has 0 atom stereocenters. The van der Waals surface area contributed by atoms with Crippen LogP contribution in [0.3, 0.4) is 0 Å². The van der Waals surface area contributed by atoms with Gasteiger partial charge in [0, 0.05) is 36.5 Å². The zero-order chi connectivity index (χ0) is 21.2. The molecular formula is C23H23BrN6O. The van der Waals surface area contributed by atoms with Crippen molar-refractivity contribution in [3.63, 3.8) is 0 Å². The Morgan fingerprint density at radius 1 is 1.00 bits per heavy atom. The summed E-state index contributed by atoms with van der Waals surface area (Å²) in [5, 5.41) is 9.65. The van der Waals surface area contributed by atoms with Crippen molar-refractivity contribution in [1.82, 2.24) is 24.1 Å². The molecule has 1 fully saturated rings. The Hall–Kier alpha value is -3.00. The van der Waals surface area contributed by atoms with Crippen LogP contribution >= 0.6 is 15.9 Å². The maximum absolute atomic E-state index is 13.4. The highest BCUT2D eigenvalue weighted by atomic mass is 79.9. The summed E-state index contributed by atoms with van der Waals surface area (Å²) in [5.41, 5.74) is 1.80. The van der Waals surface area contributed by atoms with E-state index < -0.39 is 0 Å². The van der Waals surface area contributed by atoms with Gasteiger partial charge in [-0.1, -0.05) is 40.9 Å². The van der Waals surface area contributed by atoms with E-state index >= 15 is 0 Å². The van der Waals surface area contributed by atoms with Gasteiger partial charge in [-0.05, 0) is 48.7 Å². The van der Waals surface area contributed by atoms with Crippen molar-refractivity contribution in [2.75, 3.05) is 18.0 Å². The molecule has 3 aromatic heterocycles. The van der Waals surface area contributed by atoms with E-state index in [9.17, 15) is 4.79 Å². The van der Waals surface area contributed by atoms with Gasteiger partial charge in [0.15, 0.2) is 0 Å². The number of aromatic nitrogens is 5. The van der Waals surface area contributed by atoms with Crippen molar-refractivity contribution in [1.29, 1.82) is 0 Å². The first-order chi connectivity index (χ1) is 15.2. The van der Waals surface area contributed by atoms with Gasteiger partial charge in [-0.2, -0.15) is 0 Å². The summed E-state index contributed by atoms with van der Waals surface area (Å²) in [6.07, 6.45) is 12.2. The maximum Gasteiger partial charge on any atom is 0.263 e. The van der Waals surface area contributed by atoms with Crippen LogP contribution in [0.2, 0.25) is 0 Å².